The Morgan fingerprint density at radius 2 is 2.05 bits per heavy atom. The van der Waals surface area contributed by atoms with Crippen LogP contribution in [0.5, 0.6) is 0 Å². The summed E-state index contributed by atoms with van der Waals surface area (Å²) in [5.41, 5.74) is 6.92. The first-order chi connectivity index (χ1) is 9.17. The van der Waals surface area contributed by atoms with Gasteiger partial charge in [0.05, 0.1) is 18.7 Å². The number of hydrogen-bond acceptors (Lipinski definition) is 4. The lowest BCUT2D eigenvalue weighted by atomic mass is 10.1. The maximum Gasteiger partial charge on any atom is 0.237 e. The summed E-state index contributed by atoms with van der Waals surface area (Å²) < 4.78 is 0. The van der Waals surface area contributed by atoms with Crippen molar-refractivity contribution in [3.63, 3.8) is 0 Å². The van der Waals surface area contributed by atoms with E-state index in [1.165, 1.54) is 0 Å². The molecule has 1 amide bonds. The summed E-state index contributed by atoms with van der Waals surface area (Å²) in [7, 11) is 0. The van der Waals surface area contributed by atoms with E-state index in [1.54, 1.807) is 11.8 Å². The van der Waals surface area contributed by atoms with Crippen molar-refractivity contribution < 1.29 is 9.90 Å². The van der Waals surface area contributed by atoms with E-state index in [0.717, 1.165) is 17.7 Å². The zero-order chi connectivity index (χ0) is 14.1. The predicted octanol–water partition coefficient (Wildman–Crippen LogP) is 1.21. The van der Waals surface area contributed by atoms with E-state index >= 15 is 0 Å². The first-order valence-corrected chi connectivity index (χ1v) is 7.76. The van der Waals surface area contributed by atoms with Gasteiger partial charge in [0.25, 0.3) is 0 Å². The summed E-state index contributed by atoms with van der Waals surface area (Å²) in [5.74, 6) is 0.698. The topological polar surface area (TPSA) is 75.3 Å². The van der Waals surface area contributed by atoms with Crippen molar-refractivity contribution in [1.29, 1.82) is 0 Å². The van der Waals surface area contributed by atoms with Crippen LogP contribution in [0.25, 0.3) is 0 Å². The molecule has 0 aliphatic heterocycles. The van der Waals surface area contributed by atoms with Gasteiger partial charge in [-0.25, -0.2) is 0 Å². The molecule has 1 aromatic rings. The van der Waals surface area contributed by atoms with Gasteiger partial charge in [-0.15, -0.1) is 12.4 Å². The fourth-order valence-electron chi connectivity index (χ4n) is 1.74. The van der Waals surface area contributed by atoms with Crippen molar-refractivity contribution in [3.8, 4) is 0 Å². The molecule has 20 heavy (non-hydrogen) atoms. The zero-order valence-electron chi connectivity index (χ0n) is 11.6. The summed E-state index contributed by atoms with van der Waals surface area (Å²) in [4.78, 5) is 11.9. The van der Waals surface area contributed by atoms with Gasteiger partial charge in [0.2, 0.25) is 5.91 Å². The van der Waals surface area contributed by atoms with Crippen LogP contribution in [0.2, 0.25) is 0 Å². The quantitative estimate of drug-likeness (QED) is 0.673. The van der Waals surface area contributed by atoms with Gasteiger partial charge in [-0.3, -0.25) is 4.79 Å². The van der Waals surface area contributed by atoms with Crippen LogP contribution >= 0.6 is 24.2 Å². The third-order valence-corrected chi connectivity index (χ3v) is 3.52. The highest BCUT2D eigenvalue weighted by atomic mass is 35.5. The van der Waals surface area contributed by atoms with Crippen LogP contribution in [0.4, 0.5) is 0 Å². The Kier molecular flexibility index (Phi) is 10.6. The molecule has 0 radical (unpaired) electrons. The molecule has 2 atom stereocenters. The predicted molar refractivity (Wildman–Crippen MR) is 87.4 cm³/mol. The molecule has 1 rings (SSSR count). The Morgan fingerprint density at radius 3 is 2.60 bits per heavy atom. The second-order valence-electron chi connectivity index (χ2n) is 4.47. The molecule has 0 spiro atoms. The van der Waals surface area contributed by atoms with Crippen LogP contribution < -0.4 is 11.1 Å². The lowest BCUT2D eigenvalue weighted by Crippen LogP contribution is -2.47. The van der Waals surface area contributed by atoms with Crippen molar-refractivity contribution >= 4 is 30.1 Å². The number of aliphatic hydroxyl groups is 1. The molecule has 0 unspecified atom stereocenters. The van der Waals surface area contributed by atoms with Crippen molar-refractivity contribution in [1.82, 2.24) is 5.32 Å². The molecular weight excluding hydrogens is 296 g/mol. The lowest BCUT2D eigenvalue weighted by molar-refractivity contribution is -0.123. The molecule has 0 heterocycles. The minimum absolute atomic E-state index is 0. The normalized spacial score (nSPS) is 13.2. The van der Waals surface area contributed by atoms with E-state index in [2.05, 4.69) is 5.32 Å². The molecule has 0 saturated carbocycles. The maximum atomic E-state index is 11.9. The summed E-state index contributed by atoms with van der Waals surface area (Å²) in [6.45, 7) is -0.0512. The van der Waals surface area contributed by atoms with Gasteiger partial charge < -0.3 is 16.2 Å². The van der Waals surface area contributed by atoms with Crippen molar-refractivity contribution in [3.05, 3.63) is 35.9 Å². The summed E-state index contributed by atoms with van der Waals surface area (Å²) >= 11 is 1.69. The Hall–Kier alpha value is -0.750. The van der Waals surface area contributed by atoms with Gasteiger partial charge in [0, 0.05) is 0 Å². The fourth-order valence-corrected chi connectivity index (χ4v) is 2.26. The summed E-state index contributed by atoms with van der Waals surface area (Å²) in [6.07, 6.45) is 3.26. The smallest absolute Gasteiger partial charge is 0.237 e. The second-order valence-corrected chi connectivity index (χ2v) is 5.45. The van der Waals surface area contributed by atoms with E-state index in [1.807, 2.05) is 36.6 Å². The number of benzene rings is 1. The Balaban J connectivity index is 0.00000361. The van der Waals surface area contributed by atoms with Crippen LogP contribution in [-0.4, -0.2) is 41.7 Å². The minimum Gasteiger partial charge on any atom is -0.394 e. The van der Waals surface area contributed by atoms with Gasteiger partial charge in [0.1, 0.15) is 0 Å². The number of hydrogen-bond donors (Lipinski definition) is 3. The van der Waals surface area contributed by atoms with Gasteiger partial charge in [-0.2, -0.15) is 11.8 Å². The average molecular weight is 319 g/mol. The summed E-state index contributed by atoms with van der Waals surface area (Å²) in [6, 6.07) is 8.89. The number of amides is 1. The highest BCUT2D eigenvalue weighted by molar-refractivity contribution is 7.98. The number of carbonyl (C=O) groups is 1. The second kappa shape index (κ2) is 11.0. The first kappa shape index (κ1) is 19.2. The van der Waals surface area contributed by atoms with Crippen LogP contribution in [0, 0.1) is 0 Å². The van der Waals surface area contributed by atoms with Crippen LogP contribution in [0.3, 0.4) is 0 Å². The Morgan fingerprint density at radius 1 is 1.40 bits per heavy atom. The van der Waals surface area contributed by atoms with Crippen molar-refractivity contribution in [2.75, 3.05) is 18.6 Å². The van der Waals surface area contributed by atoms with E-state index < -0.39 is 6.04 Å². The van der Waals surface area contributed by atoms with Gasteiger partial charge in [-0.05, 0) is 30.4 Å². The highest BCUT2D eigenvalue weighted by Gasteiger charge is 2.17. The van der Waals surface area contributed by atoms with Crippen LogP contribution in [0.15, 0.2) is 30.3 Å². The lowest BCUT2D eigenvalue weighted by Gasteiger charge is -2.19. The molecule has 4 N–H and O–H groups in total. The SMILES string of the molecule is CSCC[C@@H](CO)NC(=O)[C@@H](N)Cc1ccccc1.Cl. The molecule has 0 aliphatic rings. The molecule has 0 aromatic heterocycles. The number of rotatable bonds is 8. The van der Waals surface area contributed by atoms with Crippen LogP contribution in [-0.2, 0) is 11.2 Å². The molecule has 1 aromatic carbocycles. The fraction of sp³-hybridized carbons (Fsp3) is 0.500. The molecule has 4 nitrogen and oxygen atoms in total. The third-order valence-electron chi connectivity index (χ3n) is 2.87. The standard InChI is InChI=1S/C14H22N2O2S.ClH/c1-19-8-7-12(10-17)16-14(18)13(15)9-11-5-3-2-4-6-11;/h2-6,12-13,17H,7-10,15H2,1H3,(H,16,18);1H/t12-,13-;/m0./s1. The number of halogens is 1. The largest absolute Gasteiger partial charge is 0.394 e. The number of thioether (sulfide) groups is 1. The summed E-state index contributed by atoms with van der Waals surface area (Å²) in [5, 5.41) is 12.0. The number of aliphatic hydroxyl groups excluding tert-OH is 1. The maximum absolute atomic E-state index is 11.9. The van der Waals surface area contributed by atoms with E-state index in [0.29, 0.717) is 6.42 Å². The third kappa shape index (κ3) is 7.14. The monoisotopic (exact) mass is 318 g/mol. The van der Waals surface area contributed by atoms with Gasteiger partial charge >= 0.3 is 0 Å². The molecule has 0 aliphatic carbocycles. The minimum atomic E-state index is -0.578. The highest BCUT2D eigenvalue weighted by Crippen LogP contribution is 2.04. The van der Waals surface area contributed by atoms with Crippen molar-refractivity contribution in [2.45, 2.75) is 24.9 Å². The van der Waals surface area contributed by atoms with Crippen LogP contribution in [0.1, 0.15) is 12.0 Å². The van der Waals surface area contributed by atoms with Crippen molar-refractivity contribution in [2.24, 2.45) is 5.73 Å². The molecule has 0 fully saturated rings. The van der Waals surface area contributed by atoms with E-state index in [9.17, 15) is 9.90 Å². The first-order valence-electron chi connectivity index (χ1n) is 6.37. The molecule has 0 saturated heterocycles. The van der Waals surface area contributed by atoms with Gasteiger partial charge in [0.15, 0.2) is 0 Å². The molecule has 6 heteroatoms. The van der Waals surface area contributed by atoms with E-state index in [4.69, 9.17) is 5.73 Å². The number of carbonyl (C=O) groups excluding carboxylic acids is 1. The van der Waals surface area contributed by atoms with E-state index in [-0.39, 0.29) is 31.0 Å². The Bertz CT molecular complexity index is 379. The number of nitrogens with one attached hydrogen (secondary N) is 1. The molecular formula is C14H23ClN2O2S. The number of nitrogens with two attached hydrogens (primary N) is 1. The average Bonchev–Trinajstić information content (AvgIpc) is 2.44. The Labute approximate surface area is 130 Å². The molecule has 114 valence electrons. The molecule has 0 bridgehead atoms. The van der Waals surface area contributed by atoms with Gasteiger partial charge in [-0.1, -0.05) is 30.3 Å². The zero-order valence-corrected chi connectivity index (χ0v) is 13.3.